The Morgan fingerprint density at radius 2 is 2.04 bits per heavy atom. The van der Waals surface area contributed by atoms with Gasteiger partial charge in [-0.15, -0.1) is 10.2 Å². The highest BCUT2D eigenvalue weighted by Gasteiger charge is 2.14. The number of carbonyl (C=O) groups excluding carboxylic acids is 1. The molecule has 1 N–H and O–H groups in total. The van der Waals surface area contributed by atoms with Crippen LogP contribution in [-0.2, 0) is 4.79 Å². The number of halogens is 2. The molecule has 0 bridgehead atoms. The number of amides is 1. The third-order valence-electron chi connectivity index (χ3n) is 3.55. The van der Waals surface area contributed by atoms with Gasteiger partial charge in [-0.1, -0.05) is 35.5 Å². The zero-order valence-electron chi connectivity index (χ0n) is 13.8. The molecule has 3 rings (SSSR count). The average Bonchev–Trinajstić information content (AvgIpc) is 3.09. The predicted molar refractivity (Wildman–Crippen MR) is 98.4 cm³/mol. The summed E-state index contributed by atoms with van der Waals surface area (Å²) in [5, 5.41) is 11.6. The molecular weight excluding hydrogens is 377 g/mol. The molecule has 0 saturated heterocycles. The van der Waals surface area contributed by atoms with Crippen LogP contribution in [0, 0.1) is 5.82 Å². The number of hydrogen-bond donors (Lipinski definition) is 1. The van der Waals surface area contributed by atoms with Crippen molar-refractivity contribution >= 4 is 29.3 Å². The summed E-state index contributed by atoms with van der Waals surface area (Å²) < 4.78 is 18.4. The van der Waals surface area contributed by atoms with Crippen LogP contribution < -0.4 is 5.32 Å². The van der Waals surface area contributed by atoms with Crippen molar-refractivity contribution in [2.75, 3.05) is 5.75 Å². The molecule has 8 heteroatoms. The van der Waals surface area contributed by atoms with Gasteiger partial charge in [0, 0.05) is 10.6 Å². The van der Waals surface area contributed by atoms with Crippen molar-refractivity contribution in [1.82, 2.24) is 15.5 Å². The van der Waals surface area contributed by atoms with E-state index in [0.717, 1.165) is 17.3 Å². The smallest absolute Gasteiger partial charge is 0.277 e. The van der Waals surface area contributed by atoms with E-state index in [0.29, 0.717) is 10.6 Å². The highest BCUT2D eigenvalue weighted by atomic mass is 35.5. The van der Waals surface area contributed by atoms with Crippen LogP contribution in [0.25, 0.3) is 11.5 Å². The molecule has 1 aromatic heterocycles. The molecule has 0 unspecified atom stereocenters. The molecule has 1 amide bonds. The Hall–Kier alpha value is -2.38. The monoisotopic (exact) mass is 391 g/mol. The topological polar surface area (TPSA) is 68.0 Å². The molecule has 0 fully saturated rings. The zero-order valence-corrected chi connectivity index (χ0v) is 15.4. The highest BCUT2D eigenvalue weighted by Crippen LogP contribution is 2.23. The summed E-state index contributed by atoms with van der Waals surface area (Å²) in [7, 11) is 0. The van der Waals surface area contributed by atoms with E-state index < -0.39 is 0 Å². The van der Waals surface area contributed by atoms with Gasteiger partial charge < -0.3 is 9.73 Å². The Morgan fingerprint density at radius 1 is 1.27 bits per heavy atom. The van der Waals surface area contributed by atoms with Crippen molar-refractivity contribution < 1.29 is 13.6 Å². The van der Waals surface area contributed by atoms with Gasteiger partial charge in [-0.2, -0.15) is 0 Å². The maximum atomic E-state index is 12.9. The molecular formula is C18H15ClFN3O2S. The number of thioether (sulfide) groups is 1. The van der Waals surface area contributed by atoms with Crippen LogP contribution in [0.5, 0.6) is 0 Å². The first-order chi connectivity index (χ1) is 12.5. The molecule has 0 aliphatic rings. The van der Waals surface area contributed by atoms with Crippen LogP contribution >= 0.6 is 23.4 Å². The Labute approximate surface area is 159 Å². The average molecular weight is 392 g/mol. The molecule has 0 radical (unpaired) electrons. The van der Waals surface area contributed by atoms with Crippen LogP contribution in [0.15, 0.2) is 58.2 Å². The van der Waals surface area contributed by atoms with E-state index in [-0.39, 0.29) is 34.6 Å². The van der Waals surface area contributed by atoms with Crippen molar-refractivity contribution in [3.63, 3.8) is 0 Å². The van der Waals surface area contributed by atoms with Crippen molar-refractivity contribution in [1.29, 1.82) is 0 Å². The minimum atomic E-state index is -0.339. The maximum Gasteiger partial charge on any atom is 0.277 e. The lowest BCUT2D eigenvalue weighted by Gasteiger charge is -2.14. The number of nitrogens with zero attached hydrogens (tertiary/aromatic N) is 2. The number of nitrogens with one attached hydrogen (secondary N) is 1. The van der Waals surface area contributed by atoms with Gasteiger partial charge in [0.2, 0.25) is 11.8 Å². The predicted octanol–water partition coefficient (Wildman–Crippen LogP) is 4.50. The van der Waals surface area contributed by atoms with Gasteiger partial charge in [0.05, 0.1) is 11.8 Å². The standard InChI is InChI=1S/C18H15ClFN3O2S/c1-11(13-3-2-4-14(19)9-13)21-16(24)10-26-18-23-22-17(25-18)12-5-7-15(20)8-6-12/h2-9,11H,10H2,1H3,(H,21,24)/t11-/m1/s1. The molecule has 0 aliphatic carbocycles. The molecule has 1 atom stereocenters. The van der Waals surface area contributed by atoms with Crippen LogP contribution in [0.2, 0.25) is 5.02 Å². The molecule has 0 spiro atoms. The second-order valence-corrected chi connectivity index (χ2v) is 6.88. The number of rotatable bonds is 6. The van der Waals surface area contributed by atoms with Gasteiger partial charge in [-0.25, -0.2) is 4.39 Å². The summed E-state index contributed by atoms with van der Waals surface area (Å²) in [6.45, 7) is 1.88. The fraction of sp³-hybridized carbons (Fsp3) is 0.167. The normalized spacial score (nSPS) is 12.0. The van der Waals surface area contributed by atoms with Crippen molar-refractivity contribution in [3.8, 4) is 11.5 Å². The lowest BCUT2D eigenvalue weighted by Crippen LogP contribution is -2.28. The largest absolute Gasteiger partial charge is 0.411 e. The quantitative estimate of drug-likeness (QED) is 0.626. The molecule has 2 aromatic carbocycles. The Bertz CT molecular complexity index is 901. The third kappa shape index (κ3) is 4.83. The molecule has 5 nitrogen and oxygen atoms in total. The van der Waals surface area contributed by atoms with E-state index in [2.05, 4.69) is 15.5 Å². The molecule has 3 aromatic rings. The summed E-state index contributed by atoms with van der Waals surface area (Å²) in [4.78, 5) is 12.1. The lowest BCUT2D eigenvalue weighted by molar-refractivity contribution is -0.119. The van der Waals surface area contributed by atoms with Gasteiger partial charge in [0.1, 0.15) is 5.82 Å². The number of carbonyl (C=O) groups is 1. The fourth-order valence-electron chi connectivity index (χ4n) is 2.25. The van der Waals surface area contributed by atoms with Gasteiger partial charge in [-0.3, -0.25) is 4.79 Å². The van der Waals surface area contributed by atoms with Gasteiger partial charge in [-0.05, 0) is 48.9 Å². The second kappa shape index (κ2) is 8.33. The fourth-order valence-corrected chi connectivity index (χ4v) is 3.02. The second-order valence-electron chi connectivity index (χ2n) is 5.51. The van der Waals surface area contributed by atoms with Crippen LogP contribution in [0.1, 0.15) is 18.5 Å². The zero-order chi connectivity index (χ0) is 18.5. The van der Waals surface area contributed by atoms with E-state index in [9.17, 15) is 9.18 Å². The number of benzene rings is 2. The highest BCUT2D eigenvalue weighted by molar-refractivity contribution is 7.99. The maximum absolute atomic E-state index is 12.9. The SMILES string of the molecule is C[C@@H](NC(=O)CSc1nnc(-c2ccc(F)cc2)o1)c1cccc(Cl)c1. The summed E-state index contributed by atoms with van der Waals surface area (Å²) in [6.07, 6.45) is 0. The summed E-state index contributed by atoms with van der Waals surface area (Å²) >= 11 is 7.10. The van der Waals surface area contributed by atoms with Crippen molar-refractivity contribution in [2.45, 2.75) is 18.2 Å². The van der Waals surface area contributed by atoms with Crippen molar-refractivity contribution in [2.24, 2.45) is 0 Å². The van der Waals surface area contributed by atoms with E-state index in [1.165, 1.54) is 12.1 Å². The van der Waals surface area contributed by atoms with E-state index in [4.69, 9.17) is 16.0 Å². The Kier molecular flexibility index (Phi) is 5.90. The summed E-state index contributed by atoms with van der Waals surface area (Å²) in [6, 6.07) is 12.9. The van der Waals surface area contributed by atoms with Gasteiger partial charge in [0.15, 0.2) is 0 Å². The first kappa shape index (κ1) is 18.4. The minimum absolute atomic E-state index is 0.135. The van der Waals surface area contributed by atoms with Gasteiger partial charge >= 0.3 is 0 Å². The molecule has 0 saturated carbocycles. The molecule has 0 aliphatic heterocycles. The van der Waals surface area contributed by atoms with Crippen LogP contribution in [0.4, 0.5) is 4.39 Å². The third-order valence-corrected chi connectivity index (χ3v) is 4.60. The Balaban J connectivity index is 1.54. The minimum Gasteiger partial charge on any atom is -0.411 e. The molecule has 1 heterocycles. The summed E-state index contributed by atoms with van der Waals surface area (Å²) in [5.74, 6) is -0.0896. The van der Waals surface area contributed by atoms with Crippen LogP contribution in [0.3, 0.4) is 0 Å². The molecule has 26 heavy (non-hydrogen) atoms. The van der Waals surface area contributed by atoms with E-state index in [1.807, 2.05) is 25.1 Å². The summed E-state index contributed by atoms with van der Waals surface area (Å²) in [5.41, 5.74) is 1.54. The first-order valence-electron chi connectivity index (χ1n) is 7.78. The van der Waals surface area contributed by atoms with E-state index >= 15 is 0 Å². The van der Waals surface area contributed by atoms with Gasteiger partial charge in [0.25, 0.3) is 5.22 Å². The van der Waals surface area contributed by atoms with Crippen molar-refractivity contribution in [3.05, 3.63) is 64.9 Å². The van der Waals surface area contributed by atoms with Crippen LogP contribution in [-0.4, -0.2) is 21.9 Å². The first-order valence-corrected chi connectivity index (χ1v) is 9.14. The number of aromatic nitrogens is 2. The van der Waals surface area contributed by atoms with E-state index in [1.54, 1.807) is 18.2 Å². The number of hydrogen-bond acceptors (Lipinski definition) is 5. The molecule has 134 valence electrons. The lowest BCUT2D eigenvalue weighted by atomic mass is 10.1. The Morgan fingerprint density at radius 3 is 2.77 bits per heavy atom.